The van der Waals surface area contributed by atoms with E-state index in [1.54, 1.807) is 0 Å². The maximum absolute atomic E-state index is 13.1. The van der Waals surface area contributed by atoms with Gasteiger partial charge in [-0.15, -0.1) is 0 Å². The Bertz CT molecular complexity index is 297. The van der Waals surface area contributed by atoms with Gasteiger partial charge in [-0.3, -0.25) is 0 Å². The second kappa shape index (κ2) is 6.20. The fraction of sp³-hybridized carbons (Fsp3) is 0.455. The van der Waals surface area contributed by atoms with E-state index in [-0.39, 0.29) is 11.9 Å². The van der Waals surface area contributed by atoms with Crippen molar-refractivity contribution in [2.45, 2.75) is 25.3 Å². The molecule has 4 N–H and O–H groups in total. The van der Waals surface area contributed by atoms with E-state index >= 15 is 0 Å². The Balaban J connectivity index is 2.60. The molecule has 0 amide bonds. The van der Waals surface area contributed by atoms with E-state index < -0.39 is 0 Å². The van der Waals surface area contributed by atoms with Crippen molar-refractivity contribution in [1.29, 1.82) is 0 Å². The average molecular weight is 275 g/mol. The highest BCUT2D eigenvalue weighted by molar-refractivity contribution is 9.10. The summed E-state index contributed by atoms with van der Waals surface area (Å²) in [6.07, 6.45) is 2.78. The number of unbranched alkanes of at least 4 members (excludes halogenated alkanes) is 1. The third kappa shape index (κ3) is 4.28. The van der Waals surface area contributed by atoms with Crippen molar-refractivity contribution < 1.29 is 4.39 Å². The Hall–Kier alpha value is -0.450. The van der Waals surface area contributed by atoms with Crippen LogP contribution < -0.4 is 11.5 Å². The van der Waals surface area contributed by atoms with Crippen LogP contribution >= 0.6 is 15.9 Å². The number of benzene rings is 1. The largest absolute Gasteiger partial charge is 0.330 e. The van der Waals surface area contributed by atoms with Crippen molar-refractivity contribution in [3.05, 3.63) is 34.1 Å². The zero-order valence-electron chi connectivity index (χ0n) is 8.55. The summed E-state index contributed by atoms with van der Waals surface area (Å²) < 4.78 is 13.8. The number of hydrogen-bond acceptors (Lipinski definition) is 2. The van der Waals surface area contributed by atoms with Crippen LogP contribution in [0.3, 0.4) is 0 Å². The minimum atomic E-state index is -0.256. The molecule has 15 heavy (non-hydrogen) atoms. The lowest BCUT2D eigenvalue weighted by Crippen LogP contribution is -2.11. The molecule has 1 aromatic carbocycles. The molecule has 4 heteroatoms. The van der Waals surface area contributed by atoms with Gasteiger partial charge in [-0.25, -0.2) is 4.39 Å². The van der Waals surface area contributed by atoms with Gasteiger partial charge in [0.15, 0.2) is 0 Å². The number of halogens is 2. The van der Waals surface area contributed by atoms with Crippen molar-refractivity contribution in [3.8, 4) is 0 Å². The van der Waals surface area contributed by atoms with Gasteiger partial charge in [-0.2, -0.15) is 0 Å². The van der Waals surface area contributed by atoms with Crippen molar-refractivity contribution >= 4 is 15.9 Å². The molecular weight excluding hydrogens is 259 g/mol. The summed E-state index contributed by atoms with van der Waals surface area (Å²) in [4.78, 5) is 0. The lowest BCUT2D eigenvalue weighted by Gasteiger charge is -2.12. The van der Waals surface area contributed by atoms with E-state index in [0.29, 0.717) is 6.54 Å². The van der Waals surface area contributed by atoms with Gasteiger partial charge >= 0.3 is 0 Å². The molecule has 0 saturated heterocycles. The smallest absolute Gasteiger partial charge is 0.124 e. The Kier molecular flexibility index (Phi) is 5.22. The normalized spacial score (nSPS) is 12.8. The standard InChI is InChI=1S/C11H16BrFN2/c12-9-5-8(6-10(13)7-9)11(15)3-1-2-4-14/h5-7,11H,1-4,14-15H2/t11-/m1/s1. The molecule has 0 aromatic heterocycles. The molecule has 0 fully saturated rings. The molecular formula is C11H16BrFN2. The van der Waals surface area contributed by atoms with Crippen molar-refractivity contribution in [2.24, 2.45) is 11.5 Å². The summed E-state index contributed by atoms with van der Waals surface area (Å²) in [7, 11) is 0. The molecule has 0 aliphatic carbocycles. The quantitative estimate of drug-likeness (QED) is 0.812. The van der Waals surface area contributed by atoms with Crippen LogP contribution in [0.1, 0.15) is 30.9 Å². The fourth-order valence-corrected chi connectivity index (χ4v) is 1.95. The fourth-order valence-electron chi connectivity index (χ4n) is 1.46. The van der Waals surface area contributed by atoms with Gasteiger partial charge in [0, 0.05) is 10.5 Å². The SMILES string of the molecule is NCCCC[C@@H](N)c1cc(F)cc(Br)c1. The molecule has 2 nitrogen and oxygen atoms in total. The van der Waals surface area contributed by atoms with Crippen LogP contribution in [0.5, 0.6) is 0 Å². The first-order valence-corrected chi connectivity index (χ1v) is 5.84. The summed E-state index contributed by atoms with van der Waals surface area (Å²) in [5.74, 6) is -0.256. The first kappa shape index (κ1) is 12.6. The maximum Gasteiger partial charge on any atom is 0.124 e. The highest BCUT2D eigenvalue weighted by atomic mass is 79.9. The van der Waals surface area contributed by atoms with Gasteiger partial charge in [0.25, 0.3) is 0 Å². The van der Waals surface area contributed by atoms with Gasteiger partial charge in [0.2, 0.25) is 0 Å². The molecule has 0 saturated carbocycles. The molecule has 1 aromatic rings. The van der Waals surface area contributed by atoms with E-state index in [1.807, 2.05) is 6.07 Å². The van der Waals surface area contributed by atoms with Crippen LogP contribution in [0.2, 0.25) is 0 Å². The molecule has 1 atom stereocenters. The van der Waals surface area contributed by atoms with Gasteiger partial charge in [-0.05, 0) is 43.1 Å². The second-order valence-electron chi connectivity index (χ2n) is 3.59. The van der Waals surface area contributed by atoms with Gasteiger partial charge in [-0.1, -0.05) is 22.4 Å². The average Bonchev–Trinajstić information content (AvgIpc) is 2.16. The molecule has 0 aliphatic rings. The summed E-state index contributed by atoms with van der Waals surface area (Å²) in [6.45, 7) is 0.680. The van der Waals surface area contributed by atoms with E-state index in [2.05, 4.69) is 15.9 Å². The maximum atomic E-state index is 13.1. The molecule has 84 valence electrons. The minimum Gasteiger partial charge on any atom is -0.330 e. The molecule has 0 aliphatic heterocycles. The number of hydrogen-bond donors (Lipinski definition) is 2. The van der Waals surface area contributed by atoms with Gasteiger partial charge in [0.1, 0.15) is 5.82 Å². The summed E-state index contributed by atoms with van der Waals surface area (Å²) in [5.41, 5.74) is 12.2. The monoisotopic (exact) mass is 274 g/mol. The van der Waals surface area contributed by atoms with Crippen LogP contribution in [0.25, 0.3) is 0 Å². The second-order valence-corrected chi connectivity index (χ2v) is 4.51. The highest BCUT2D eigenvalue weighted by Crippen LogP contribution is 2.22. The van der Waals surface area contributed by atoms with Crippen LogP contribution in [0.15, 0.2) is 22.7 Å². The first-order valence-electron chi connectivity index (χ1n) is 5.05. The van der Waals surface area contributed by atoms with Crippen LogP contribution in [0.4, 0.5) is 4.39 Å². The van der Waals surface area contributed by atoms with Gasteiger partial charge in [0.05, 0.1) is 0 Å². The van der Waals surface area contributed by atoms with Crippen molar-refractivity contribution in [3.63, 3.8) is 0 Å². The predicted octanol–water partition coefficient (Wildman–Crippen LogP) is 2.72. The Morgan fingerprint density at radius 2 is 2.00 bits per heavy atom. The Morgan fingerprint density at radius 1 is 1.27 bits per heavy atom. The highest BCUT2D eigenvalue weighted by Gasteiger charge is 2.07. The molecule has 1 rings (SSSR count). The lowest BCUT2D eigenvalue weighted by atomic mass is 10.0. The summed E-state index contributed by atoms with van der Waals surface area (Å²) in [5, 5.41) is 0. The zero-order valence-corrected chi connectivity index (χ0v) is 10.1. The van der Waals surface area contributed by atoms with Gasteiger partial charge < -0.3 is 11.5 Å². The van der Waals surface area contributed by atoms with E-state index in [0.717, 1.165) is 29.3 Å². The third-order valence-corrected chi connectivity index (χ3v) is 2.74. The van der Waals surface area contributed by atoms with E-state index in [4.69, 9.17) is 11.5 Å². The van der Waals surface area contributed by atoms with Crippen LogP contribution in [-0.2, 0) is 0 Å². The van der Waals surface area contributed by atoms with Crippen molar-refractivity contribution in [1.82, 2.24) is 0 Å². The zero-order chi connectivity index (χ0) is 11.3. The Labute approximate surface area is 98.0 Å². The molecule has 0 spiro atoms. The number of nitrogens with two attached hydrogens (primary N) is 2. The number of rotatable bonds is 5. The molecule has 0 radical (unpaired) electrons. The Morgan fingerprint density at radius 3 is 2.60 bits per heavy atom. The molecule has 0 bridgehead atoms. The summed E-state index contributed by atoms with van der Waals surface area (Å²) >= 11 is 3.25. The molecule has 0 heterocycles. The third-order valence-electron chi connectivity index (χ3n) is 2.28. The topological polar surface area (TPSA) is 52.0 Å². The predicted molar refractivity (Wildman–Crippen MR) is 63.9 cm³/mol. The first-order chi connectivity index (χ1) is 7.13. The van der Waals surface area contributed by atoms with E-state index in [9.17, 15) is 4.39 Å². The van der Waals surface area contributed by atoms with Crippen LogP contribution in [0, 0.1) is 5.82 Å². The van der Waals surface area contributed by atoms with Crippen molar-refractivity contribution in [2.75, 3.05) is 6.54 Å². The van der Waals surface area contributed by atoms with E-state index in [1.165, 1.54) is 12.1 Å². The summed E-state index contributed by atoms with van der Waals surface area (Å²) in [6, 6.07) is 4.66. The lowest BCUT2D eigenvalue weighted by molar-refractivity contribution is 0.579. The molecule has 0 unspecified atom stereocenters. The minimum absolute atomic E-state index is 0.108. The van der Waals surface area contributed by atoms with Crippen LogP contribution in [-0.4, -0.2) is 6.54 Å².